The van der Waals surface area contributed by atoms with Crippen molar-refractivity contribution in [2.45, 2.75) is 33.7 Å². The molecule has 1 aromatic heterocycles. The Labute approximate surface area is 95.7 Å². The second-order valence-electron chi connectivity index (χ2n) is 4.97. The Bertz CT molecular complexity index is 366. The van der Waals surface area contributed by atoms with Gasteiger partial charge in [0.05, 0.1) is 5.56 Å². The Balaban J connectivity index is 2.73. The van der Waals surface area contributed by atoms with Crippen LogP contribution in [0.15, 0.2) is 18.3 Å². The number of rotatable bonds is 3. The highest BCUT2D eigenvalue weighted by Gasteiger charge is 2.19. The summed E-state index contributed by atoms with van der Waals surface area (Å²) in [7, 11) is 0. The third-order valence-electron chi connectivity index (χ3n) is 2.67. The van der Waals surface area contributed by atoms with Crippen LogP contribution in [0.2, 0.25) is 0 Å². The van der Waals surface area contributed by atoms with Gasteiger partial charge in [-0.05, 0) is 24.5 Å². The monoisotopic (exact) mass is 222 g/mol. The minimum atomic E-state index is -0.956. The summed E-state index contributed by atoms with van der Waals surface area (Å²) >= 11 is 0. The fourth-order valence-electron chi connectivity index (χ4n) is 1.04. The van der Waals surface area contributed by atoms with E-state index in [2.05, 4.69) is 38.0 Å². The second kappa shape index (κ2) is 4.51. The summed E-state index contributed by atoms with van der Waals surface area (Å²) in [5.74, 6) is -0.254. The van der Waals surface area contributed by atoms with E-state index in [0.29, 0.717) is 5.82 Å². The SMILES string of the molecule is CC(Nc1ccc(C(=O)O)cn1)C(C)(C)C. The topological polar surface area (TPSA) is 62.2 Å². The van der Waals surface area contributed by atoms with Crippen molar-refractivity contribution in [1.82, 2.24) is 4.98 Å². The molecule has 1 atom stereocenters. The number of anilines is 1. The second-order valence-corrected chi connectivity index (χ2v) is 4.97. The van der Waals surface area contributed by atoms with Gasteiger partial charge in [-0.2, -0.15) is 0 Å². The summed E-state index contributed by atoms with van der Waals surface area (Å²) in [5, 5.41) is 12.0. The Morgan fingerprint density at radius 2 is 2.06 bits per heavy atom. The molecule has 0 aliphatic rings. The maximum Gasteiger partial charge on any atom is 0.337 e. The first-order valence-corrected chi connectivity index (χ1v) is 5.26. The molecule has 0 radical (unpaired) electrons. The predicted octanol–water partition coefficient (Wildman–Crippen LogP) is 2.63. The molecule has 0 saturated heterocycles. The van der Waals surface area contributed by atoms with Crippen molar-refractivity contribution < 1.29 is 9.90 Å². The summed E-state index contributed by atoms with van der Waals surface area (Å²) in [5.41, 5.74) is 0.335. The fourth-order valence-corrected chi connectivity index (χ4v) is 1.04. The third-order valence-corrected chi connectivity index (χ3v) is 2.67. The van der Waals surface area contributed by atoms with Gasteiger partial charge in [-0.15, -0.1) is 0 Å². The lowest BCUT2D eigenvalue weighted by Crippen LogP contribution is -2.31. The molecule has 0 aliphatic carbocycles. The van der Waals surface area contributed by atoms with Crippen LogP contribution in [-0.2, 0) is 0 Å². The van der Waals surface area contributed by atoms with Crippen molar-refractivity contribution in [1.29, 1.82) is 0 Å². The number of hydrogen-bond donors (Lipinski definition) is 2. The highest BCUT2D eigenvalue weighted by atomic mass is 16.4. The molecule has 16 heavy (non-hydrogen) atoms. The van der Waals surface area contributed by atoms with Gasteiger partial charge in [0.15, 0.2) is 0 Å². The van der Waals surface area contributed by atoms with Crippen LogP contribution >= 0.6 is 0 Å². The molecule has 1 aromatic rings. The molecule has 1 heterocycles. The van der Waals surface area contributed by atoms with Crippen LogP contribution in [0.25, 0.3) is 0 Å². The average Bonchev–Trinajstić information content (AvgIpc) is 2.17. The zero-order valence-corrected chi connectivity index (χ0v) is 10.1. The van der Waals surface area contributed by atoms with Gasteiger partial charge in [0.1, 0.15) is 5.82 Å². The minimum absolute atomic E-state index is 0.132. The van der Waals surface area contributed by atoms with Crippen LogP contribution in [0.3, 0.4) is 0 Å². The van der Waals surface area contributed by atoms with Crippen molar-refractivity contribution in [3.8, 4) is 0 Å². The average molecular weight is 222 g/mol. The Hall–Kier alpha value is -1.58. The number of carboxylic acid groups (broad SMARTS) is 1. The van der Waals surface area contributed by atoms with Crippen LogP contribution in [-0.4, -0.2) is 22.1 Å². The zero-order chi connectivity index (χ0) is 12.3. The van der Waals surface area contributed by atoms with Crippen molar-refractivity contribution in [3.05, 3.63) is 23.9 Å². The molecule has 1 unspecified atom stereocenters. The molecular weight excluding hydrogens is 204 g/mol. The maximum absolute atomic E-state index is 10.6. The van der Waals surface area contributed by atoms with Crippen LogP contribution in [0.4, 0.5) is 5.82 Å². The summed E-state index contributed by atoms with van der Waals surface area (Å²) in [6, 6.07) is 3.49. The number of nitrogens with one attached hydrogen (secondary N) is 1. The zero-order valence-electron chi connectivity index (χ0n) is 10.1. The van der Waals surface area contributed by atoms with Gasteiger partial charge in [0.2, 0.25) is 0 Å². The lowest BCUT2D eigenvalue weighted by Gasteiger charge is -2.28. The van der Waals surface area contributed by atoms with E-state index in [4.69, 9.17) is 5.11 Å². The van der Waals surface area contributed by atoms with Crippen LogP contribution in [0, 0.1) is 5.41 Å². The quantitative estimate of drug-likeness (QED) is 0.825. The molecule has 88 valence electrons. The fraction of sp³-hybridized carbons (Fsp3) is 0.500. The number of nitrogens with zero attached hydrogens (tertiary/aromatic N) is 1. The number of carbonyl (C=O) groups is 1. The summed E-state index contributed by atoms with van der Waals surface area (Å²) in [4.78, 5) is 14.7. The van der Waals surface area contributed by atoms with Gasteiger partial charge in [-0.3, -0.25) is 0 Å². The molecular formula is C12H18N2O2. The summed E-state index contributed by atoms with van der Waals surface area (Å²) < 4.78 is 0. The first-order valence-electron chi connectivity index (χ1n) is 5.26. The minimum Gasteiger partial charge on any atom is -0.478 e. The molecule has 0 aromatic carbocycles. The van der Waals surface area contributed by atoms with E-state index in [-0.39, 0.29) is 17.0 Å². The molecule has 4 nitrogen and oxygen atoms in total. The van der Waals surface area contributed by atoms with Crippen LogP contribution in [0.5, 0.6) is 0 Å². The number of carboxylic acids is 1. The van der Waals surface area contributed by atoms with Crippen LogP contribution in [0.1, 0.15) is 38.1 Å². The maximum atomic E-state index is 10.6. The largest absolute Gasteiger partial charge is 0.478 e. The Kier molecular flexibility index (Phi) is 3.52. The Morgan fingerprint density at radius 3 is 2.44 bits per heavy atom. The third kappa shape index (κ3) is 3.22. The van der Waals surface area contributed by atoms with E-state index in [9.17, 15) is 4.79 Å². The first-order chi connectivity index (χ1) is 7.30. The molecule has 0 fully saturated rings. The lowest BCUT2D eigenvalue weighted by molar-refractivity contribution is 0.0696. The van der Waals surface area contributed by atoms with Crippen molar-refractivity contribution in [3.63, 3.8) is 0 Å². The molecule has 0 bridgehead atoms. The van der Waals surface area contributed by atoms with Crippen molar-refractivity contribution in [2.24, 2.45) is 5.41 Å². The van der Waals surface area contributed by atoms with E-state index in [1.807, 2.05) is 0 Å². The predicted molar refractivity (Wildman–Crippen MR) is 63.7 cm³/mol. The Morgan fingerprint density at radius 1 is 1.44 bits per heavy atom. The molecule has 2 N–H and O–H groups in total. The van der Waals surface area contributed by atoms with E-state index < -0.39 is 5.97 Å². The molecule has 0 spiro atoms. The molecule has 4 heteroatoms. The van der Waals surface area contributed by atoms with Crippen molar-refractivity contribution in [2.75, 3.05) is 5.32 Å². The normalized spacial score (nSPS) is 13.2. The van der Waals surface area contributed by atoms with Crippen molar-refractivity contribution >= 4 is 11.8 Å². The highest BCUT2D eigenvalue weighted by molar-refractivity contribution is 5.87. The van der Waals surface area contributed by atoms with E-state index in [1.54, 1.807) is 12.1 Å². The van der Waals surface area contributed by atoms with Gasteiger partial charge < -0.3 is 10.4 Å². The number of aromatic nitrogens is 1. The van der Waals surface area contributed by atoms with Gasteiger partial charge in [0.25, 0.3) is 0 Å². The number of hydrogen-bond acceptors (Lipinski definition) is 3. The van der Waals surface area contributed by atoms with E-state index in [1.165, 1.54) is 6.20 Å². The summed E-state index contributed by atoms with van der Waals surface area (Å²) in [6.45, 7) is 8.48. The summed E-state index contributed by atoms with van der Waals surface area (Å²) in [6.07, 6.45) is 1.36. The standard InChI is InChI=1S/C12H18N2O2/c1-8(12(2,3)4)14-10-6-5-9(7-13-10)11(15)16/h5-8H,1-4H3,(H,13,14)(H,15,16). The molecule has 0 saturated carbocycles. The first kappa shape index (κ1) is 12.5. The van der Waals surface area contributed by atoms with E-state index in [0.717, 1.165) is 0 Å². The lowest BCUT2D eigenvalue weighted by atomic mass is 9.88. The van der Waals surface area contributed by atoms with Gasteiger partial charge >= 0.3 is 5.97 Å². The van der Waals surface area contributed by atoms with Gasteiger partial charge in [-0.1, -0.05) is 20.8 Å². The highest BCUT2D eigenvalue weighted by Crippen LogP contribution is 2.21. The molecule has 0 amide bonds. The van der Waals surface area contributed by atoms with Gasteiger partial charge in [-0.25, -0.2) is 9.78 Å². The van der Waals surface area contributed by atoms with Gasteiger partial charge in [0, 0.05) is 12.2 Å². The number of aromatic carboxylic acids is 1. The number of pyridine rings is 1. The molecule has 0 aliphatic heterocycles. The molecule has 1 rings (SSSR count). The smallest absolute Gasteiger partial charge is 0.337 e. The van der Waals surface area contributed by atoms with E-state index >= 15 is 0 Å². The van der Waals surface area contributed by atoms with Crippen LogP contribution < -0.4 is 5.32 Å².